The lowest BCUT2D eigenvalue weighted by molar-refractivity contribution is 0.163. The SMILES string of the molecule is CC1=NNC(=O)N(NNC(=O)/N=C(\c2ccccc2)c2cccs2)C1. The fourth-order valence-corrected chi connectivity index (χ4v) is 2.88. The molecule has 0 aliphatic carbocycles. The zero-order valence-corrected chi connectivity index (χ0v) is 14.2. The van der Waals surface area contributed by atoms with Crippen LogP contribution in [0.4, 0.5) is 9.59 Å². The lowest BCUT2D eigenvalue weighted by Crippen LogP contribution is -2.57. The fourth-order valence-electron chi connectivity index (χ4n) is 2.15. The van der Waals surface area contributed by atoms with Crippen LogP contribution in [0.5, 0.6) is 0 Å². The third-order valence-electron chi connectivity index (χ3n) is 3.29. The molecule has 0 atom stereocenters. The molecule has 1 aliphatic heterocycles. The van der Waals surface area contributed by atoms with E-state index in [9.17, 15) is 9.59 Å². The fraction of sp³-hybridized carbons (Fsp3) is 0.125. The minimum atomic E-state index is -0.611. The first-order valence-electron chi connectivity index (χ1n) is 7.48. The first-order valence-corrected chi connectivity index (χ1v) is 8.36. The van der Waals surface area contributed by atoms with E-state index in [0.717, 1.165) is 10.4 Å². The van der Waals surface area contributed by atoms with Gasteiger partial charge in [0.25, 0.3) is 0 Å². The number of carbonyl (C=O) groups is 2. The third kappa shape index (κ3) is 4.28. The van der Waals surface area contributed by atoms with Gasteiger partial charge in [0.2, 0.25) is 0 Å². The van der Waals surface area contributed by atoms with Gasteiger partial charge in [0.05, 0.1) is 22.8 Å². The summed E-state index contributed by atoms with van der Waals surface area (Å²) in [6.07, 6.45) is 0. The van der Waals surface area contributed by atoms with Crippen molar-refractivity contribution in [1.29, 1.82) is 0 Å². The van der Waals surface area contributed by atoms with Crippen LogP contribution in [0, 0.1) is 0 Å². The van der Waals surface area contributed by atoms with Gasteiger partial charge in [-0.3, -0.25) is 5.43 Å². The number of thiophene rings is 1. The number of hydrazone groups is 1. The van der Waals surface area contributed by atoms with Crippen LogP contribution in [0.15, 0.2) is 57.9 Å². The van der Waals surface area contributed by atoms with Crippen LogP contribution in [0.2, 0.25) is 0 Å². The summed E-state index contributed by atoms with van der Waals surface area (Å²) >= 11 is 1.49. The summed E-state index contributed by atoms with van der Waals surface area (Å²) in [5.74, 6) is 0. The molecule has 1 aromatic carbocycles. The Hall–Kier alpha value is -3.04. The molecule has 0 unspecified atom stereocenters. The maximum atomic E-state index is 12.2. The normalized spacial score (nSPS) is 14.8. The number of hydrogen-bond acceptors (Lipinski definition) is 5. The van der Waals surface area contributed by atoms with E-state index in [1.807, 2.05) is 47.8 Å². The number of hydrazine groups is 2. The number of carbonyl (C=O) groups excluding carboxylic acids is 2. The minimum Gasteiger partial charge on any atom is -0.253 e. The van der Waals surface area contributed by atoms with Crippen molar-refractivity contribution in [2.24, 2.45) is 10.1 Å². The highest BCUT2D eigenvalue weighted by atomic mass is 32.1. The minimum absolute atomic E-state index is 0.256. The Morgan fingerprint density at radius 1 is 1.28 bits per heavy atom. The predicted molar refractivity (Wildman–Crippen MR) is 96.4 cm³/mol. The molecule has 3 rings (SSSR count). The molecule has 25 heavy (non-hydrogen) atoms. The first-order chi connectivity index (χ1) is 12.1. The second-order valence-electron chi connectivity index (χ2n) is 5.20. The van der Waals surface area contributed by atoms with Gasteiger partial charge in [0.15, 0.2) is 0 Å². The number of urea groups is 2. The van der Waals surface area contributed by atoms with Gasteiger partial charge in [-0.25, -0.2) is 20.0 Å². The summed E-state index contributed by atoms with van der Waals surface area (Å²) < 4.78 is 0. The van der Waals surface area contributed by atoms with Gasteiger partial charge in [-0.1, -0.05) is 36.4 Å². The number of aliphatic imine (C=N–C) groups is 1. The van der Waals surface area contributed by atoms with Crippen molar-refractivity contribution in [1.82, 2.24) is 21.4 Å². The van der Waals surface area contributed by atoms with E-state index in [2.05, 4.69) is 26.5 Å². The molecule has 128 valence electrons. The molecule has 0 saturated heterocycles. The summed E-state index contributed by atoms with van der Waals surface area (Å²) in [7, 11) is 0. The maximum absolute atomic E-state index is 12.2. The summed E-state index contributed by atoms with van der Waals surface area (Å²) in [5, 5.41) is 6.92. The molecule has 2 aromatic rings. The van der Waals surface area contributed by atoms with E-state index >= 15 is 0 Å². The molecule has 9 heteroatoms. The topological polar surface area (TPSA) is 98.2 Å². The number of hydrogen-bond donors (Lipinski definition) is 3. The van der Waals surface area contributed by atoms with Crippen molar-refractivity contribution >= 4 is 34.8 Å². The third-order valence-corrected chi connectivity index (χ3v) is 4.16. The van der Waals surface area contributed by atoms with Crippen molar-refractivity contribution in [2.45, 2.75) is 6.92 Å². The van der Waals surface area contributed by atoms with Crippen LogP contribution >= 0.6 is 11.3 Å². The van der Waals surface area contributed by atoms with Crippen LogP contribution < -0.4 is 16.4 Å². The molecule has 4 amide bonds. The Balaban J connectivity index is 1.73. The molecule has 1 aromatic heterocycles. The number of benzene rings is 1. The molecule has 2 heterocycles. The smallest absolute Gasteiger partial charge is 0.253 e. The number of amides is 4. The monoisotopic (exact) mass is 356 g/mol. The lowest BCUT2D eigenvalue weighted by Gasteiger charge is -2.25. The first kappa shape index (κ1) is 16.8. The maximum Gasteiger partial charge on any atom is 0.357 e. The van der Waals surface area contributed by atoms with E-state index in [4.69, 9.17) is 0 Å². The Labute approximate surface area is 148 Å². The molecule has 1 aliphatic rings. The Kier molecular flexibility index (Phi) is 5.17. The highest BCUT2D eigenvalue weighted by molar-refractivity contribution is 7.12. The standard InChI is InChI=1S/C16H16N6O2S/c1-11-10-22(16(24)20-18-11)21-19-15(23)17-14(13-8-5-9-25-13)12-6-3-2-4-7-12/h2-9,21H,10H2,1H3,(H,19,23)(H,20,24)/b17-14+. The van der Waals surface area contributed by atoms with Crippen LogP contribution in [-0.2, 0) is 0 Å². The second-order valence-corrected chi connectivity index (χ2v) is 6.14. The van der Waals surface area contributed by atoms with Crippen molar-refractivity contribution in [3.63, 3.8) is 0 Å². The predicted octanol–water partition coefficient (Wildman–Crippen LogP) is 2.12. The number of nitrogens with one attached hydrogen (secondary N) is 3. The van der Waals surface area contributed by atoms with E-state index in [1.165, 1.54) is 16.3 Å². The molecule has 0 spiro atoms. The van der Waals surface area contributed by atoms with Crippen LogP contribution in [-0.4, -0.2) is 35.0 Å². The van der Waals surface area contributed by atoms with E-state index in [0.29, 0.717) is 11.4 Å². The summed E-state index contributed by atoms with van der Waals surface area (Å²) in [6.45, 7) is 2.02. The summed E-state index contributed by atoms with van der Waals surface area (Å²) in [5.41, 5.74) is 9.37. The van der Waals surface area contributed by atoms with Crippen molar-refractivity contribution in [2.75, 3.05) is 6.54 Å². The zero-order valence-electron chi connectivity index (χ0n) is 13.4. The van der Waals surface area contributed by atoms with Gasteiger partial charge in [-0.2, -0.15) is 10.1 Å². The van der Waals surface area contributed by atoms with Gasteiger partial charge in [-0.05, 0) is 18.4 Å². The van der Waals surface area contributed by atoms with Crippen LogP contribution in [0.3, 0.4) is 0 Å². The average Bonchev–Trinajstić information content (AvgIpc) is 3.15. The molecule has 8 nitrogen and oxygen atoms in total. The highest BCUT2D eigenvalue weighted by Gasteiger charge is 2.19. The lowest BCUT2D eigenvalue weighted by atomic mass is 10.1. The van der Waals surface area contributed by atoms with Crippen LogP contribution in [0.25, 0.3) is 0 Å². The second kappa shape index (κ2) is 7.69. The van der Waals surface area contributed by atoms with E-state index in [1.54, 1.807) is 6.92 Å². The van der Waals surface area contributed by atoms with Gasteiger partial charge < -0.3 is 0 Å². The Bertz CT molecular complexity index is 816. The average molecular weight is 356 g/mol. The van der Waals surface area contributed by atoms with E-state index in [-0.39, 0.29) is 6.54 Å². The van der Waals surface area contributed by atoms with Crippen molar-refractivity contribution in [3.05, 3.63) is 58.3 Å². The van der Waals surface area contributed by atoms with Crippen molar-refractivity contribution in [3.8, 4) is 0 Å². The molecule has 0 bridgehead atoms. The van der Waals surface area contributed by atoms with Crippen molar-refractivity contribution < 1.29 is 9.59 Å². The Morgan fingerprint density at radius 2 is 2.08 bits per heavy atom. The van der Waals surface area contributed by atoms with Gasteiger partial charge >= 0.3 is 12.1 Å². The zero-order chi connectivity index (χ0) is 17.6. The number of nitrogens with zero attached hydrogens (tertiary/aromatic N) is 3. The highest BCUT2D eigenvalue weighted by Crippen LogP contribution is 2.16. The largest absolute Gasteiger partial charge is 0.357 e. The molecule has 3 N–H and O–H groups in total. The summed E-state index contributed by atoms with van der Waals surface area (Å²) in [6, 6.07) is 12.2. The molecule has 0 radical (unpaired) electrons. The van der Waals surface area contributed by atoms with Gasteiger partial charge in [0, 0.05) is 5.56 Å². The molecule has 0 fully saturated rings. The van der Waals surface area contributed by atoms with E-state index < -0.39 is 12.1 Å². The van der Waals surface area contributed by atoms with Crippen LogP contribution in [0.1, 0.15) is 17.4 Å². The molecular formula is C16H16N6O2S. The molecular weight excluding hydrogens is 340 g/mol. The van der Waals surface area contributed by atoms with Gasteiger partial charge in [-0.15, -0.1) is 16.9 Å². The molecule has 0 saturated carbocycles. The number of rotatable bonds is 4. The van der Waals surface area contributed by atoms with Gasteiger partial charge in [0.1, 0.15) is 0 Å². The Morgan fingerprint density at radius 3 is 2.80 bits per heavy atom. The quantitative estimate of drug-likeness (QED) is 0.578. The summed E-state index contributed by atoms with van der Waals surface area (Å²) in [4.78, 5) is 28.9.